The number of benzene rings is 1. The zero-order chi connectivity index (χ0) is 40.4. The van der Waals surface area contributed by atoms with E-state index in [1.165, 1.54) is 11.1 Å². The minimum Gasteiger partial charge on any atom is -0.449 e. The van der Waals surface area contributed by atoms with Gasteiger partial charge in [-0.05, 0) is 100 Å². The Morgan fingerprint density at radius 1 is 1.17 bits per heavy atom. The summed E-state index contributed by atoms with van der Waals surface area (Å²) >= 11 is 6.29. The van der Waals surface area contributed by atoms with E-state index in [0.717, 1.165) is 69.8 Å². The van der Waals surface area contributed by atoms with Crippen molar-refractivity contribution in [1.82, 2.24) is 26.2 Å². The lowest BCUT2D eigenvalue weighted by atomic mass is 9.89. The summed E-state index contributed by atoms with van der Waals surface area (Å²) in [6.45, 7) is 32.2. The van der Waals surface area contributed by atoms with Gasteiger partial charge in [-0.15, -0.1) is 12.8 Å². The van der Waals surface area contributed by atoms with Crippen molar-refractivity contribution in [2.45, 2.75) is 93.7 Å². The number of aliphatic imine (C=N–C) groups is 1. The highest BCUT2D eigenvalue weighted by Gasteiger charge is 2.23. The Morgan fingerprint density at radius 2 is 1.79 bits per heavy atom. The topological polar surface area (TPSA) is 99.2 Å². The molecule has 1 unspecified atom stereocenters. The Bertz CT molecular complexity index is 1190. The van der Waals surface area contributed by atoms with Crippen LogP contribution in [0.25, 0.3) is 5.57 Å². The van der Waals surface area contributed by atoms with Crippen LogP contribution in [-0.4, -0.2) is 89.5 Å². The molecule has 1 aliphatic rings. The Kier molecular flexibility index (Phi) is 35.1. The number of ether oxygens (including phenoxy) is 2. The number of piperazine rings is 1. The number of halogens is 1. The van der Waals surface area contributed by atoms with Crippen LogP contribution in [0, 0.1) is 18.3 Å². The molecule has 4 N–H and O–H groups in total. The van der Waals surface area contributed by atoms with Crippen LogP contribution in [-0.2, 0) is 15.9 Å². The van der Waals surface area contributed by atoms with Gasteiger partial charge in [0.1, 0.15) is 0 Å². The molecule has 1 amide bonds. The summed E-state index contributed by atoms with van der Waals surface area (Å²) in [7, 11) is 3.62. The molecule has 1 fully saturated rings. The lowest BCUT2D eigenvalue weighted by Gasteiger charge is -2.29. The SMILES string of the molecule is C#C.C=CNC(Cc1ccc(Cl)cc1C(=C)[C@H](/C=C/NC=NC)NC)/C(C)=C\C.CC.CCCC(C)(C)COC(=O)N1CCNCC1.CCOCC. The van der Waals surface area contributed by atoms with Crippen LogP contribution in [0.5, 0.6) is 0 Å². The fraction of sp³-hybridized carbons (Fsp3) is 0.571. The largest absolute Gasteiger partial charge is 0.449 e. The molecule has 1 aromatic carbocycles. The molecule has 1 aromatic rings. The molecule has 1 aliphatic heterocycles. The molecule has 1 saturated heterocycles. The van der Waals surface area contributed by atoms with E-state index in [0.29, 0.717) is 11.6 Å². The van der Waals surface area contributed by atoms with E-state index in [9.17, 15) is 4.79 Å². The van der Waals surface area contributed by atoms with Crippen molar-refractivity contribution in [1.29, 1.82) is 0 Å². The maximum Gasteiger partial charge on any atom is 0.409 e. The lowest BCUT2D eigenvalue weighted by molar-refractivity contribution is 0.0609. The monoisotopic (exact) mass is 745 g/mol. The highest BCUT2D eigenvalue weighted by atomic mass is 35.5. The molecule has 2 rings (SSSR count). The number of hydrogen-bond donors (Lipinski definition) is 4. The number of hydrogen-bond acceptors (Lipinski definition) is 7. The first-order valence-corrected chi connectivity index (χ1v) is 18.8. The van der Waals surface area contributed by atoms with Gasteiger partial charge in [0.2, 0.25) is 0 Å². The number of likely N-dealkylation sites (N-methyl/N-ethyl adjacent to an activating group) is 1. The Labute approximate surface area is 323 Å². The number of carbonyl (C=O) groups is 1. The van der Waals surface area contributed by atoms with Crippen molar-refractivity contribution in [3.8, 4) is 12.8 Å². The van der Waals surface area contributed by atoms with Gasteiger partial charge in [0, 0.05) is 51.5 Å². The van der Waals surface area contributed by atoms with E-state index in [-0.39, 0.29) is 23.6 Å². The third-order valence-electron chi connectivity index (χ3n) is 7.74. The van der Waals surface area contributed by atoms with Crippen LogP contribution in [0.2, 0.25) is 5.02 Å². The minimum atomic E-state index is -0.161. The molecule has 0 saturated carbocycles. The summed E-state index contributed by atoms with van der Waals surface area (Å²) in [4.78, 5) is 17.4. The molecular weight excluding hydrogens is 672 g/mol. The van der Waals surface area contributed by atoms with Crippen LogP contribution in [0.15, 0.2) is 66.5 Å². The molecule has 2 atom stereocenters. The van der Waals surface area contributed by atoms with Crippen molar-refractivity contribution in [2.75, 3.05) is 60.1 Å². The van der Waals surface area contributed by atoms with E-state index >= 15 is 0 Å². The molecule has 1 heterocycles. The molecule has 9 nitrogen and oxygen atoms in total. The van der Waals surface area contributed by atoms with Gasteiger partial charge in [-0.1, -0.05) is 83.5 Å². The number of nitrogens with zero attached hydrogens (tertiary/aromatic N) is 2. The lowest BCUT2D eigenvalue weighted by Crippen LogP contribution is -2.47. The van der Waals surface area contributed by atoms with E-state index in [1.807, 2.05) is 66.1 Å². The second kappa shape index (κ2) is 34.5. The van der Waals surface area contributed by atoms with Crippen molar-refractivity contribution in [3.63, 3.8) is 0 Å². The van der Waals surface area contributed by atoms with Crippen molar-refractivity contribution >= 4 is 29.6 Å². The molecule has 52 heavy (non-hydrogen) atoms. The molecule has 10 heteroatoms. The molecule has 0 bridgehead atoms. The Balaban J connectivity index is -0.000000808. The predicted octanol–water partition coefficient (Wildman–Crippen LogP) is 8.49. The number of amides is 1. The normalized spacial score (nSPS) is 13.7. The molecule has 0 radical (unpaired) electrons. The molecule has 296 valence electrons. The van der Waals surface area contributed by atoms with E-state index in [2.05, 4.69) is 92.1 Å². The van der Waals surface area contributed by atoms with Gasteiger partial charge < -0.3 is 35.6 Å². The average molecular weight is 746 g/mol. The maximum atomic E-state index is 11.7. The maximum absolute atomic E-state index is 11.7. The van der Waals surface area contributed by atoms with Crippen molar-refractivity contribution in [2.24, 2.45) is 10.4 Å². The number of nitrogens with one attached hydrogen (secondary N) is 4. The van der Waals surface area contributed by atoms with Gasteiger partial charge in [-0.2, -0.15) is 0 Å². The quantitative estimate of drug-likeness (QED) is 0.0550. The second-order valence-electron chi connectivity index (χ2n) is 12.2. The number of terminal acetylenes is 1. The zero-order valence-corrected chi connectivity index (χ0v) is 35.2. The zero-order valence-electron chi connectivity index (χ0n) is 34.4. The summed E-state index contributed by atoms with van der Waals surface area (Å²) in [5.74, 6) is 0. The van der Waals surface area contributed by atoms with Crippen LogP contribution >= 0.6 is 11.6 Å². The smallest absolute Gasteiger partial charge is 0.409 e. The summed E-state index contributed by atoms with van der Waals surface area (Å²) in [6.07, 6.45) is 20.2. The highest BCUT2D eigenvalue weighted by Crippen LogP contribution is 2.27. The average Bonchev–Trinajstić information content (AvgIpc) is 3.16. The fourth-order valence-electron chi connectivity index (χ4n) is 4.91. The second-order valence-corrected chi connectivity index (χ2v) is 12.6. The van der Waals surface area contributed by atoms with Crippen LogP contribution in [0.1, 0.15) is 86.3 Å². The van der Waals surface area contributed by atoms with E-state index in [4.69, 9.17) is 21.1 Å². The van der Waals surface area contributed by atoms with E-state index < -0.39 is 0 Å². The Hall–Kier alpha value is -3.55. The van der Waals surface area contributed by atoms with Crippen LogP contribution in [0.4, 0.5) is 4.79 Å². The summed E-state index contributed by atoms with van der Waals surface area (Å²) in [6, 6.07) is 6.11. The fourth-order valence-corrected chi connectivity index (χ4v) is 5.08. The predicted molar refractivity (Wildman–Crippen MR) is 228 cm³/mol. The molecular formula is C42H73ClN6O3. The van der Waals surface area contributed by atoms with Gasteiger partial charge in [0.15, 0.2) is 0 Å². The first kappa shape index (κ1) is 52.8. The third kappa shape index (κ3) is 24.6. The summed E-state index contributed by atoms with van der Waals surface area (Å²) in [5.41, 5.74) is 4.54. The van der Waals surface area contributed by atoms with Gasteiger partial charge in [-0.25, -0.2) is 4.79 Å². The van der Waals surface area contributed by atoms with Crippen molar-refractivity contribution in [3.05, 3.63) is 77.6 Å². The Morgan fingerprint density at radius 3 is 2.27 bits per heavy atom. The van der Waals surface area contributed by atoms with Gasteiger partial charge in [0.05, 0.1) is 25.0 Å². The number of rotatable bonds is 17. The molecule has 0 aromatic heterocycles. The van der Waals surface area contributed by atoms with Crippen LogP contribution < -0.4 is 21.3 Å². The van der Waals surface area contributed by atoms with Gasteiger partial charge in [0.25, 0.3) is 0 Å². The number of allylic oxidation sites excluding steroid dienone is 1. The number of carbonyl (C=O) groups excluding carboxylic acids is 1. The third-order valence-corrected chi connectivity index (χ3v) is 7.97. The van der Waals surface area contributed by atoms with Gasteiger partial charge >= 0.3 is 6.09 Å². The highest BCUT2D eigenvalue weighted by molar-refractivity contribution is 6.30. The molecule has 0 spiro atoms. The van der Waals surface area contributed by atoms with Crippen LogP contribution in [0.3, 0.4) is 0 Å². The first-order valence-electron chi connectivity index (χ1n) is 18.5. The van der Waals surface area contributed by atoms with E-state index in [1.54, 1.807) is 24.5 Å². The minimum absolute atomic E-state index is 0.0337. The standard InChI is InChI=1S/C22H31ClN4.C12H24N2O2.C4H10O.C2H6.C2H2/c1-7-16(3)22(27-8-2)13-18-9-10-19(23)14-20(18)17(4)21(25-6)11-12-26-15-24-5;1-4-5-12(2,3)10-16-11(15)14-8-6-13-7-9-14;1-3-5-4-2;2*1-2/h7-12,14-15,21-22,25,27H,2,4,13H2,1,3,5-6H3,(H,24,26);13H,4-10H2,1-3H3;3-4H2,1-2H3;1-2H3;1-2H/b12-11+,16-7-;;;;/t21-,22?;;;;/m0..../s1. The van der Waals surface area contributed by atoms with Gasteiger partial charge in [-0.3, -0.25) is 4.99 Å². The summed E-state index contributed by atoms with van der Waals surface area (Å²) < 4.78 is 10.2. The first-order chi connectivity index (χ1) is 24.9. The summed E-state index contributed by atoms with van der Waals surface area (Å²) in [5, 5.41) is 13.5. The molecule has 0 aliphatic carbocycles. The van der Waals surface area contributed by atoms with Crippen molar-refractivity contribution < 1.29 is 14.3 Å².